The van der Waals surface area contributed by atoms with E-state index in [1.165, 1.54) is 24.0 Å². The summed E-state index contributed by atoms with van der Waals surface area (Å²) < 4.78 is 1.90. The van der Waals surface area contributed by atoms with E-state index >= 15 is 0 Å². The number of halogens is 1. The van der Waals surface area contributed by atoms with Crippen LogP contribution in [0.5, 0.6) is 0 Å². The summed E-state index contributed by atoms with van der Waals surface area (Å²) in [5.74, 6) is 0.608. The summed E-state index contributed by atoms with van der Waals surface area (Å²) in [6, 6.07) is 1.50. The molecule has 0 bridgehead atoms. The van der Waals surface area contributed by atoms with Crippen LogP contribution in [0.3, 0.4) is 0 Å². The molecule has 0 atom stereocenters. The molecule has 0 saturated heterocycles. The second-order valence-corrected chi connectivity index (χ2v) is 5.89. The molecule has 8 heteroatoms. The van der Waals surface area contributed by atoms with E-state index in [-0.39, 0.29) is 11.5 Å². The third kappa shape index (κ3) is 2.94. The molecular weight excluding hydrogens is 298 g/mol. The molecule has 2 N–H and O–H groups in total. The van der Waals surface area contributed by atoms with E-state index in [2.05, 4.69) is 15.2 Å². The van der Waals surface area contributed by atoms with Crippen molar-refractivity contribution in [2.45, 2.75) is 29.9 Å². The first-order valence-corrected chi connectivity index (χ1v) is 7.12. The average molecular weight is 312 g/mol. The van der Waals surface area contributed by atoms with Crippen LogP contribution in [-0.4, -0.2) is 25.7 Å². The Kier molecular flexibility index (Phi) is 4.29. The molecule has 0 aliphatic rings. The van der Waals surface area contributed by atoms with Gasteiger partial charge in [0.2, 0.25) is 5.91 Å². The summed E-state index contributed by atoms with van der Waals surface area (Å²) in [6.07, 6.45) is 1.40. The Labute approximate surface area is 125 Å². The van der Waals surface area contributed by atoms with Crippen molar-refractivity contribution in [3.63, 3.8) is 0 Å². The fraction of sp³-hybridized carbons (Fsp3) is 0.333. The Hall–Kier alpha value is -1.60. The molecule has 20 heavy (non-hydrogen) atoms. The van der Waals surface area contributed by atoms with Crippen LogP contribution in [0, 0.1) is 0 Å². The van der Waals surface area contributed by atoms with Crippen molar-refractivity contribution in [1.82, 2.24) is 19.7 Å². The molecule has 0 radical (unpaired) electrons. The summed E-state index contributed by atoms with van der Waals surface area (Å²) in [5, 5.41) is 9.86. The number of hydrogen-bond acceptors (Lipinski definition) is 5. The van der Waals surface area contributed by atoms with Crippen LogP contribution in [0.25, 0.3) is 0 Å². The summed E-state index contributed by atoms with van der Waals surface area (Å²) in [7, 11) is 1.89. The second kappa shape index (κ2) is 5.80. The summed E-state index contributed by atoms with van der Waals surface area (Å²) in [4.78, 5) is 15.2. The van der Waals surface area contributed by atoms with Crippen molar-refractivity contribution < 1.29 is 4.79 Å². The lowest BCUT2D eigenvalue weighted by molar-refractivity contribution is 0.1000. The topological polar surface area (TPSA) is 86.7 Å². The first-order chi connectivity index (χ1) is 9.40. The van der Waals surface area contributed by atoms with Crippen molar-refractivity contribution in [2.24, 2.45) is 12.8 Å². The molecule has 0 aliphatic heterocycles. The first kappa shape index (κ1) is 14.8. The van der Waals surface area contributed by atoms with Gasteiger partial charge in [-0.2, -0.15) is 0 Å². The number of amides is 1. The molecule has 0 saturated carbocycles. The van der Waals surface area contributed by atoms with Gasteiger partial charge in [-0.05, 0) is 17.8 Å². The van der Waals surface area contributed by atoms with Gasteiger partial charge in [0.05, 0.1) is 10.6 Å². The highest BCUT2D eigenvalue weighted by molar-refractivity contribution is 7.99. The van der Waals surface area contributed by atoms with Gasteiger partial charge in [-0.1, -0.05) is 25.4 Å². The van der Waals surface area contributed by atoms with Gasteiger partial charge in [0.1, 0.15) is 10.9 Å². The van der Waals surface area contributed by atoms with E-state index in [0.29, 0.717) is 15.2 Å². The Morgan fingerprint density at radius 2 is 2.15 bits per heavy atom. The molecule has 1 amide bonds. The van der Waals surface area contributed by atoms with Crippen LogP contribution in [0.15, 0.2) is 22.4 Å². The van der Waals surface area contributed by atoms with Gasteiger partial charge in [-0.15, -0.1) is 10.2 Å². The SMILES string of the molecule is CC(C)c1nnc(Sc2ncc(C(N)=O)cc2Cl)n1C. The zero-order valence-electron chi connectivity index (χ0n) is 11.3. The number of carbonyl (C=O) groups is 1. The van der Waals surface area contributed by atoms with Gasteiger partial charge in [0.25, 0.3) is 0 Å². The lowest BCUT2D eigenvalue weighted by atomic mass is 10.2. The normalized spacial score (nSPS) is 11.1. The number of hydrogen-bond donors (Lipinski definition) is 1. The van der Waals surface area contributed by atoms with Crippen LogP contribution < -0.4 is 5.73 Å². The highest BCUT2D eigenvalue weighted by Gasteiger charge is 2.15. The number of aromatic nitrogens is 4. The smallest absolute Gasteiger partial charge is 0.250 e. The van der Waals surface area contributed by atoms with Gasteiger partial charge in [0.15, 0.2) is 5.16 Å². The van der Waals surface area contributed by atoms with Crippen molar-refractivity contribution in [3.8, 4) is 0 Å². The number of carbonyl (C=O) groups excluding carboxylic acids is 1. The minimum Gasteiger partial charge on any atom is -0.366 e. The number of nitrogens with zero attached hydrogens (tertiary/aromatic N) is 4. The third-order valence-electron chi connectivity index (χ3n) is 2.66. The average Bonchev–Trinajstić information content (AvgIpc) is 2.73. The lowest BCUT2D eigenvalue weighted by Crippen LogP contribution is -2.11. The number of nitrogens with two attached hydrogens (primary N) is 1. The monoisotopic (exact) mass is 311 g/mol. The Balaban J connectivity index is 2.29. The van der Waals surface area contributed by atoms with Crippen molar-refractivity contribution >= 4 is 29.3 Å². The molecule has 106 valence electrons. The zero-order chi connectivity index (χ0) is 14.9. The van der Waals surface area contributed by atoms with Crippen molar-refractivity contribution in [1.29, 1.82) is 0 Å². The van der Waals surface area contributed by atoms with Crippen LogP contribution in [0.4, 0.5) is 0 Å². The molecular formula is C12H14ClN5OS. The molecule has 0 aromatic carbocycles. The first-order valence-electron chi connectivity index (χ1n) is 5.92. The third-order valence-corrected chi connectivity index (χ3v) is 4.12. The van der Waals surface area contributed by atoms with Gasteiger partial charge in [0, 0.05) is 19.2 Å². The maximum atomic E-state index is 11.0. The van der Waals surface area contributed by atoms with Crippen LogP contribution >= 0.6 is 23.4 Å². The fourth-order valence-corrected chi connectivity index (χ4v) is 2.67. The highest BCUT2D eigenvalue weighted by Crippen LogP contribution is 2.31. The lowest BCUT2D eigenvalue weighted by Gasteiger charge is -2.06. The van der Waals surface area contributed by atoms with E-state index < -0.39 is 5.91 Å². The van der Waals surface area contributed by atoms with Gasteiger partial charge < -0.3 is 10.3 Å². The highest BCUT2D eigenvalue weighted by atomic mass is 35.5. The summed E-state index contributed by atoms with van der Waals surface area (Å²) >= 11 is 7.39. The van der Waals surface area contributed by atoms with Crippen LogP contribution in [0.2, 0.25) is 5.02 Å². The zero-order valence-corrected chi connectivity index (χ0v) is 12.9. The van der Waals surface area contributed by atoms with E-state index in [0.717, 1.165) is 5.82 Å². The maximum Gasteiger partial charge on any atom is 0.250 e. The van der Waals surface area contributed by atoms with E-state index in [4.69, 9.17) is 17.3 Å². The Bertz CT molecular complexity index is 655. The predicted octanol–water partition coefficient (Wildman–Crippen LogP) is 2.24. The predicted molar refractivity (Wildman–Crippen MR) is 77.0 cm³/mol. The number of rotatable bonds is 4. The molecule has 2 aromatic heterocycles. The van der Waals surface area contributed by atoms with Crippen LogP contribution in [0.1, 0.15) is 35.9 Å². The van der Waals surface area contributed by atoms with Crippen LogP contribution in [-0.2, 0) is 7.05 Å². The van der Waals surface area contributed by atoms with Crippen molar-refractivity contribution in [2.75, 3.05) is 0 Å². The molecule has 0 spiro atoms. The van der Waals surface area contributed by atoms with Gasteiger partial charge in [-0.3, -0.25) is 4.79 Å². The summed E-state index contributed by atoms with van der Waals surface area (Å²) in [5.41, 5.74) is 5.45. The molecule has 2 rings (SSSR count). The molecule has 2 heterocycles. The second-order valence-electron chi connectivity index (χ2n) is 4.53. The van der Waals surface area contributed by atoms with Crippen molar-refractivity contribution in [3.05, 3.63) is 28.7 Å². The number of pyridine rings is 1. The molecule has 2 aromatic rings. The Morgan fingerprint density at radius 1 is 1.45 bits per heavy atom. The molecule has 0 fully saturated rings. The van der Waals surface area contributed by atoms with E-state index in [9.17, 15) is 4.79 Å². The summed E-state index contributed by atoms with van der Waals surface area (Å²) in [6.45, 7) is 4.09. The number of primary amides is 1. The largest absolute Gasteiger partial charge is 0.366 e. The van der Waals surface area contributed by atoms with Gasteiger partial charge in [-0.25, -0.2) is 4.98 Å². The molecule has 6 nitrogen and oxygen atoms in total. The van der Waals surface area contributed by atoms with E-state index in [1.807, 2.05) is 25.5 Å². The van der Waals surface area contributed by atoms with E-state index in [1.54, 1.807) is 0 Å². The standard InChI is InChI=1S/C12H14ClN5OS/c1-6(2)10-16-17-12(18(10)3)20-11-8(13)4-7(5-15-11)9(14)19/h4-6H,1-3H3,(H2,14,19). The quantitative estimate of drug-likeness (QED) is 0.935. The molecule has 0 aliphatic carbocycles. The minimum atomic E-state index is -0.559. The minimum absolute atomic E-state index is 0.278. The van der Waals surface area contributed by atoms with Gasteiger partial charge >= 0.3 is 0 Å². The maximum absolute atomic E-state index is 11.0. The fourth-order valence-electron chi connectivity index (χ4n) is 1.64. The molecule has 0 unspecified atom stereocenters. The Morgan fingerprint density at radius 3 is 2.65 bits per heavy atom.